The fourth-order valence-corrected chi connectivity index (χ4v) is 3.26. The Kier molecular flexibility index (Phi) is 3.36. The number of likely N-dealkylation sites (tertiary alicyclic amines) is 1. The number of aromatic nitrogens is 2. The van der Waals surface area contributed by atoms with Gasteiger partial charge in [-0.2, -0.15) is 0 Å². The van der Waals surface area contributed by atoms with Crippen LogP contribution in [0.15, 0.2) is 18.6 Å². The van der Waals surface area contributed by atoms with Crippen LogP contribution in [0, 0.1) is 11.8 Å². The lowest BCUT2D eigenvalue weighted by molar-refractivity contribution is -0.130. The van der Waals surface area contributed by atoms with E-state index < -0.39 is 0 Å². The molecule has 0 unspecified atom stereocenters. The van der Waals surface area contributed by atoms with Crippen LogP contribution in [0.3, 0.4) is 0 Å². The van der Waals surface area contributed by atoms with Crippen molar-refractivity contribution in [1.29, 1.82) is 0 Å². The molecule has 0 spiro atoms. The Balaban J connectivity index is 1.67. The van der Waals surface area contributed by atoms with Crippen LogP contribution in [-0.4, -0.2) is 47.0 Å². The molecule has 0 bridgehead atoms. The van der Waals surface area contributed by atoms with Crippen molar-refractivity contribution >= 4 is 11.7 Å². The Labute approximate surface area is 113 Å². The summed E-state index contributed by atoms with van der Waals surface area (Å²) >= 11 is 0. The Bertz CT molecular complexity index is 450. The van der Waals surface area contributed by atoms with Gasteiger partial charge < -0.3 is 9.80 Å². The Morgan fingerprint density at radius 1 is 1.32 bits per heavy atom. The first-order chi connectivity index (χ1) is 9.28. The smallest absolute Gasteiger partial charge is 0.222 e. The van der Waals surface area contributed by atoms with E-state index in [1.165, 1.54) is 0 Å². The van der Waals surface area contributed by atoms with E-state index in [0.717, 1.165) is 38.4 Å². The molecule has 0 aliphatic carbocycles. The fourth-order valence-electron chi connectivity index (χ4n) is 3.26. The third-order valence-corrected chi connectivity index (χ3v) is 4.33. The first kappa shape index (κ1) is 12.4. The topological polar surface area (TPSA) is 49.3 Å². The van der Waals surface area contributed by atoms with E-state index in [9.17, 15) is 4.79 Å². The van der Waals surface area contributed by atoms with Crippen LogP contribution in [0.4, 0.5) is 5.82 Å². The maximum absolute atomic E-state index is 11.8. The van der Waals surface area contributed by atoms with Crippen molar-refractivity contribution in [3.05, 3.63) is 18.6 Å². The maximum Gasteiger partial charge on any atom is 0.222 e. The second-order valence-electron chi connectivity index (χ2n) is 5.47. The fraction of sp³-hybridized carbons (Fsp3) is 0.643. The molecule has 3 heterocycles. The van der Waals surface area contributed by atoms with Crippen LogP contribution in [0.1, 0.15) is 19.8 Å². The molecule has 2 atom stereocenters. The number of hydrogen-bond acceptors (Lipinski definition) is 4. The van der Waals surface area contributed by atoms with Gasteiger partial charge in [-0.05, 0) is 18.3 Å². The lowest BCUT2D eigenvalue weighted by Gasteiger charge is -2.34. The molecule has 3 rings (SSSR count). The normalized spacial score (nSPS) is 26.4. The zero-order valence-corrected chi connectivity index (χ0v) is 11.3. The predicted molar refractivity (Wildman–Crippen MR) is 72.7 cm³/mol. The molecule has 2 fully saturated rings. The molecule has 102 valence electrons. The average molecular weight is 260 g/mol. The monoisotopic (exact) mass is 260 g/mol. The highest BCUT2D eigenvalue weighted by molar-refractivity contribution is 5.76. The molecule has 1 aromatic heterocycles. The number of rotatable bonds is 2. The van der Waals surface area contributed by atoms with Gasteiger partial charge in [-0.15, -0.1) is 0 Å². The Hall–Kier alpha value is -1.65. The lowest BCUT2D eigenvalue weighted by atomic mass is 9.89. The number of nitrogens with zero attached hydrogens (tertiary/aromatic N) is 4. The number of anilines is 1. The average Bonchev–Trinajstić information content (AvgIpc) is 2.90. The van der Waals surface area contributed by atoms with Gasteiger partial charge >= 0.3 is 0 Å². The number of piperidine rings is 1. The number of carbonyl (C=O) groups is 1. The largest absolute Gasteiger partial charge is 0.355 e. The van der Waals surface area contributed by atoms with Gasteiger partial charge in [0.05, 0.1) is 6.20 Å². The first-order valence-electron chi connectivity index (χ1n) is 7.06. The molecule has 5 heteroatoms. The van der Waals surface area contributed by atoms with E-state index in [1.54, 1.807) is 12.4 Å². The number of amides is 1. The second kappa shape index (κ2) is 5.15. The van der Waals surface area contributed by atoms with Crippen LogP contribution in [-0.2, 0) is 4.79 Å². The first-order valence-corrected chi connectivity index (χ1v) is 7.06. The lowest BCUT2D eigenvalue weighted by Crippen LogP contribution is -2.40. The van der Waals surface area contributed by atoms with Gasteiger partial charge in [-0.25, -0.2) is 4.98 Å². The van der Waals surface area contributed by atoms with E-state index in [1.807, 2.05) is 18.0 Å². The van der Waals surface area contributed by atoms with Crippen molar-refractivity contribution in [2.75, 3.05) is 31.1 Å². The van der Waals surface area contributed by atoms with Gasteiger partial charge in [0, 0.05) is 45.0 Å². The standard InChI is InChI=1S/C14H20N4O/c1-2-14(19)18-8-11-3-6-17(9-12(11)10-18)13-7-15-4-5-16-13/h4-5,7,11-12H,2-3,6,8-10H2,1H3/t11-,12+/m0/s1. The third kappa shape index (κ3) is 2.41. The molecule has 2 aliphatic rings. The summed E-state index contributed by atoms with van der Waals surface area (Å²) in [5, 5.41) is 0. The Morgan fingerprint density at radius 3 is 2.89 bits per heavy atom. The van der Waals surface area contributed by atoms with E-state index in [4.69, 9.17) is 0 Å². The van der Waals surface area contributed by atoms with Gasteiger partial charge in [0.2, 0.25) is 5.91 Å². The van der Waals surface area contributed by atoms with Gasteiger partial charge in [0.15, 0.2) is 0 Å². The van der Waals surface area contributed by atoms with E-state index in [-0.39, 0.29) is 0 Å². The summed E-state index contributed by atoms with van der Waals surface area (Å²) in [6.45, 7) is 5.82. The summed E-state index contributed by atoms with van der Waals surface area (Å²) in [4.78, 5) is 24.6. The number of fused-ring (bicyclic) bond motifs is 1. The second-order valence-corrected chi connectivity index (χ2v) is 5.47. The summed E-state index contributed by atoms with van der Waals surface area (Å²) in [6.07, 6.45) is 7.03. The van der Waals surface area contributed by atoms with Crippen molar-refractivity contribution in [2.45, 2.75) is 19.8 Å². The summed E-state index contributed by atoms with van der Waals surface area (Å²) in [5.41, 5.74) is 0. The summed E-state index contributed by atoms with van der Waals surface area (Å²) < 4.78 is 0. The minimum atomic E-state index is 0.292. The molecule has 1 amide bonds. The quantitative estimate of drug-likeness (QED) is 0.801. The summed E-state index contributed by atoms with van der Waals surface area (Å²) in [7, 11) is 0. The van der Waals surface area contributed by atoms with E-state index in [2.05, 4.69) is 14.9 Å². The molecular weight excluding hydrogens is 240 g/mol. The van der Waals surface area contributed by atoms with E-state index in [0.29, 0.717) is 24.2 Å². The Morgan fingerprint density at radius 2 is 2.16 bits per heavy atom. The third-order valence-electron chi connectivity index (χ3n) is 4.33. The molecule has 19 heavy (non-hydrogen) atoms. The molecule has 0 N–H and O–H groups in total. The number of carbonyl (C=O) groups excluding carboxylic acids is 1. The van der Waals surface area contributed by atoms with Gasteiger partial charge in [-0.3, -0.25) is 9.78 Å². The minimum absolute atomic E-state index is 0.292. The van der Waals surface area contributed by atoms with Crippen LogP contribution < -0.4 is 4.90 Å². The molecule has 1 aromatic rings. The van der Waals surface area contributed by atoms with Crippen molar-refractivity contribution in [2.24, 2.45) is 11.8 Å². The van der Waals surface area contributed by atoms with Gasteiger partial charge in [0.1, 0.15) is 5.82 Å². The maximum atomic E-state index is 11.8. The predicted octanol–water partition coefficient (Wildman–Crippen LogP) is 1.17. The van der Waals surface area contributed by atoms with Gasteiger partial charge in [0.25, 0.3) is 0 Å². The van der Waals surface area contributed by atoms with Crippen molar-refractivity contribution < 1.29 is 4.79 Å². The highest BCUT2D eigenvalue weighted by Gasteiger charge is 2.38. The molecule has 0 radical (unpaired) electrons. The SMILES string of the molecule is CCC(=O)N1C[C@@H]2CCN(c3cnccn3)C[C@@H]2C1. The zero-order chi connectivity index (χ0) is 13.2. The van der Waals surface area contributed by atoms with Gasteiger partial charge in [-0.1, -0.05) is 6.92 Å². The van der Waals surface area contributed by atoms with Crippen LogP contribution in [0.2, 0.25) is 0 Å². The molecule has 2 aliphatic heterocycles. The van der Waals surface area contributed by atoms with Crippen molar-refractivity contribution in [1.82, 2.24) is 14.9 Å². The molecule has 5 nitrogen and oxygen atoms in total. The van der Waals surface area contributed by atoms with Crippen LogP contribution >= 0.6 is 0 Å². The molecule has 0 aromatic carbocycles. The molecule has 0 saturated carbocycles. The van der Waals surface area contributed by atoms with E-state index >= 15 is 0 Å². The van der Waals surface area contributed by atoms with Crippen molar-refractivity contribution in [3.63, 3.8) is 0 Å². The highest BCUT2D eigenvalue weighted by Crippen LogP contribution is 2.32. The molecular formula is C14H20N4O. The summed E-state index contributed by atoms with van der Waals surface area (Å²) in [6, 6.07) is 0. The van der Waals surface area contributed by atoms with Crippen LogP contribution in [0.25, 0.3) is 0 Å². The molecule has 2 saturated heterocycles. The zero-order valence-electron chi connectivity index (χ0n) is 11.3. The minimum Gasteiger partial charge on any atom is -0.355 e. The number of hydrogen-bond donors (Lipinski definition) is 0. The van der Waals surface area contributed by atoms with Crippen molar-refractivity contribution in [3.8, 4) is 0 Å². The highest BCUT2D eigenvalue weighted by atomic mass is 16.2. The summed E-state index contributed by atoms with van der Waals surface area (Å²) in [5.74, 6) is 2.51. The van der Waals surface area contributed by atoms with Crippen LogP contribution in [0.5, 0.6) is 0 Å².